The molecule has 1 aromatic heterocycles. The molecule has 1 heterocycles. The van der Waals surface area contributed by atoms with Crippen molar-refractivity contribution < 1.29 is 5.11 Å². The molecule has 0 aliphatic carbocycles. The summed E-state index contributed by atoms with van der Waals surface area (Å²) in [5.41, 5.74) is 0.812. The van der Waals surface area contributed by atoms with Crippen molar-refractivity contribution >= 4 is 39.3 Å². The van der Waals surface area contributed by atoms with Crippen LogP contribution in [0.2, 0.25) is 5.02 Å². The van der Waals surface area contributed by atoms with Crippen LogP contribution >= 0.6 is 39.3 Å². The van der Waals surface area contributed by atoms with Gasteiger partial charge in [-0.15, -0.1) is 0 Å². The van der Waals surface area contributed by atoms with Crippen LogP contribution < -0.4 is 0 Å². The molecule has 0 saturated carbocycles. The molecular weight excluding hydrogens is 322 g/mol. The number of aliphatic hydroxyl groups excluding tert-OH is 1. The highest BCUT2D eigenvalue weighted by Crippen LogP contribution is 2.31. The number of aromatic nitrogens is 1. The zero-order valence-electron chi connectivity index (χ0n) is 8.73. The first-order chi connectivity index (χ1) is 8.19. The fourth-order valence-corrected chi connectivity index (χ4v) is 2.59. The van der Waals surface area contributed by atoms with E-state index in [2.05, 4.69) is 20.9 Å². The van der Waals surface area contributed by atoms with Gasteiger partial charge in [-0.1, -0.05) is 23.4 Å². The molecule has 17 heavy (non-hydrogen) atoms. The summed E-state index contributed by atoms with van der Waals surface area (Å²) in [4.78, 5) is 5.24. The fraction of sp³-hybridized carbons (Fsp3) is 0.0833. The molecule has 0 bridgehead atoms. The van der Waals surface area contributed by atoms with Gasteiger partial charge < -0.3 is 5.11 Å². The molecule has 88 valence electrons. The van der Waals surface area contributed by atoms with Crippen molar-refractivity contribution in [3.05, 3.63) is 51.6 Å². The van der Waals surface area contributed by atoms with Gasteiger partial charge >= 0.3 is 0 Å². The van der Waals surface area contributed by atoms with E-state index in [-0.39, 0.29) is 6.61 Å². The SMILES string of the molecule is OCc1cc(Cl)ccc1Sc1ccc(Br)cn1. The Balaban J connectivity index is 2.26. The summed E-state index contributed by atoms with van der Waals surface area (Å²) >= 11 is 10.7. The molecule has 0 spiro atoms. The van der Waals surface area contributed by atoms with Crippen molar-refractivity contribution in [2.75, 3.05) is 0 Å². The van der Waals surface area contributed by atoms with E-state index in [4.69, 9.17) is 11.6 Å². The summed E-state index contributed by atoms with van der Waals surface area (Å²) in [5, 5.41) is 10.8. The van der Waals surface area contributed by atoms with Gasteiger partial charge in [0.05, 0.1) is 6.61 Å². The molecule has 0 aliphatic heterocycles. The van der Waals surface area contributed by atoms with E-state index in [0.717, 1.165) is 20.0 Å². The van der Waals surface area contributed by atoms with Crippen LogP contribution in [0, 0.1) is 0 Å². The average molecular weight is 331 g/mol. The fourth-order valence-electron chi connectivity index (χ4n) is 1.31. The van der Waals surface area contributed by atoms with Crippen molar-refractivity contribution in [1.82, 2.24) is 4.98 Å². The highest BCUT2D eigenvalue weighted by Gasteiger charge is 2.05. The first-order valence-electron chi connectivity index (χ1n) is 4.88. The molecule has 0 saturated heterocycles. The molecule has 0 radical (unpaired) electrons. The van der Waals surface area contributed by atoms with Crippen molar-refractivity contribution in [2.45, 2.75) is 16.5 Å². The van der Waals surface area contributed by atoms with Gasteiger partial charge in [-0.3, -0.25) is 0 Å². The Morgan fingerprint density at radius 2 is 2.12 bits per heavy atom. The number of pyridine rings is 1. The Labute approximate surface area is 117 Å². The van der Waals surface area contributed by atoms with Crippen LogP contribution in [0.4, 0.5) is 0 Å². The minimum absolute atomic E-state index is 0.0284. The zero-order chi connectivity index (χ0) is 12.3. The number of hydrogen-bond donors (Lipinski definition) is 1. The van der Waals surface area contributed by atoms with Crippen LogP contribution in [0.3, 0.4) is 0 Å². The maximum Gasteiger partial charge on any atom is 0.101 e. The Hall–Kier alpha value is -0.550. The molecule has 1 aromatic carbocycles. The van der Waals surface area contributed by atoms with E-state index in [1.54, 1.807) is 12.3 Å². The van der Waals surface area contributed by atoms with E-state index in [1.165, 1.54) is 11.8 Å². The second kappa shape index (κ2) is 5.87. The second-order valence-electron chi connectivity index (χ2n) is 3.33. The summed E-state index contributed by atoms with van der Waals surface area (Å²) in [5.74, 6) is 0. The molecule has 1 N–H and O–H groups in total. The second-order valence-corrected chi connectivity index (χ2v) is 5.74. The number of rotatable bonds is 3. The lowest BCUT2D eigenvalue weighted by molar-refractivity contribution is 0.279. The summed E-state index contributed by atoms with van der Waals surface area (Å²) in [6.07, 6.45) is 1.75. The van der Waals surface area contributed by atoms with E-state index in [9.17, 15) is 5.11 Å². The molecule has 5 heteroatoms. The minimum atomic E-state index is -0.0284. The minimum Gasteiger partial charge on any atom is -0.392 e. The lowest BCUT2D eigenvalue weighted by Gasteiger charge is -2.06. The molecule has 2 rings (SSSR count). The van der Waals surface area contributed by atoms with Gasteiger partial charge in [-0.2, -0.15) is 0 Å². The molecule has 0 atom stereocenters. The first-order valence-corrected chi connectivity index (χ1v) is 6.86. The quantitative estimate of drug-likeness (QED) is 0.918. The molecule has 2 nitrogen and oxygen atoms in total. The van der Waals surface area contributed by atoms with Gasteiger partial charge in [0.15, 0.2) is 0 Å². The van der Waals surface area contributed by atoms with E-state index < -0.39 is 0 Å². The molecule has 0 aliphatic rings. The van der Waals surface area contributed by atoms with E-state index in [0.29, 0.717) is 5.02 Å². The van der Waals surface area contributed by atoms with Crippen LogP contribution in [0.15, 0.2) is 50.9 Å². The Bertz CT molecular complexity index is 518. The van der Waals surface area contributed by atoms with Crippen molar-refractivity contribution in [3.8, 4) is 0 Å². The van der Waals surface area contributed by atoms with Crippen LogP contribution in [0.25, 0.3) is 0 Å². The lowest BCUT2D eigenvalue weighted by Crippen LogP contribution is -1.88. The number of benzene rings is 1. The number of aliphatic hydroxyl groups is 1. The predicted molar refractivity (Wildman–Crippen MR) is 73.4 cm³/mol. The number of halogens is 2. The third-order valence-electron chi connectivity index (χ3n) is 2.11. The lowest BCUT2D eigenvalue weighted by atomic mass is 10.2. The first kappa shape index (κ1) is 12.9. The largest absolute Gasteiger partial charge is 0.392 e. The molecule has 0 amide bonds. The molecule has 0 unspecified atom stereocenters. The third kappa shape index (κ3) is 3.45. The maximum atomic E-state index is 9.27. The summed E-state index contributed by atoms with van der Waals surface area (Å²) < 4.78 is 0.945. The van der Waals surface area contributed by atoms with E-state index >= 15 is 0 Å². The van der Waals surface area contributed by atoms with Gasteiger partial charge in [-0.05, 0) is 51.8 Å². The van der Waals surface area contributed by atoms with Crippen LogP contribution in [0.1, 0.15) is 5.56 Å². The average Bonchev–Trinajstić information content (AvgIpc) is 2.34. The van der Waals surface area contributed by atoms with Gasteiger partial charge in [0.25, 0.3) is 0 Å². The van der Waals surface area contributed by atoms with E-state index in [1.807, 2.05) is 24.3 Å². The summed E-state index contributed by atoms with van der Waals surface area (Å²) in [6, 6.07) is 9.32. The molecule has 0 fully saturated rings. The summed E-state index contributed by atoms with van der Waals surface area (Å²) in [6.45, 7) is -0.0284. The van der Waals surface area contributed by atoms with Crippen molar-refractivity contribution in [3.63, 3.8) is 0 Å². The number of nitrogens with zero attached hydrogens (tertiary/aromatic N) is 1. The Morgan fingerprint density at radius 3 is 2.76 bits per heavy atom. The van der Waals surface area contributed by atoms with Crippen LogP contribution in [-0.2, 0) is 6.61 Å². The van der Waals surface area contributed by atoms with Gasteiger partial charge in [0, 0.05) is 20.6 Å². The smallest absolute Gasteiger partial charge is 0.101 e. The highest BCUT2D eigenvalue weighted by atomic mass is 79.9. The monoisotopic (exact) mass is 329 g/mol. The highest BCUT2D eigenvalue weighted by molar-refractivity contribution is 9.10. The Morgan fingerprint density at radius 1 is 1.29 bits per heavy atom. The standard InChI is InChI=1S/C12H9BrClNOS/c13-9-1-4-12(15-6-9)17-11-3-2-10(14)5-8(11)7-16/h1-6,16H,7H2. The van der Waals surface area contributed by atoms with Gasteiger partial charge in [-0.25, -0.2) is 4.98 Å². The normalized spacial score (nSPS) is 10.5. The van der Waals surface area contributed by atoms with Crippen molar-refractivity contribution in [1.29, 1.82) is 0 Å². The number of hydrogen-bond acceptors (Lipinski definition) is 3. The van der Waals surface area contributed by atoms with Gasteiger partial charge in [0.2, 0.25) is 0 Å². The molecule has 2 aromatic rings. The maximum absolute atomic E-state index is 9.27. The van der Waals surface area contributed by atoms with Crippen molar-refractivity contribution in [2.24, 2.45) is 0 Å². The predicted octanol–water partition coefficient (Wildman–Crippen LogP) is 4.14. The van der Waals surface area contributed by atoms with Gasteiger partial charge in [0.1, 0.15) is 5.03 Å². The third-order valence-corrected chi connectivity index (χ3v) is 3.88. The Kier molecular flexibility index (Phi) is 4.45. The van der Waals surface area contributed by atoms with Crippen LogP contribution in [0.5, 0.6) is 0 Å². The topological polar surface area (TPSA) is 33.1 Å². The summed E-state index contributed by atoms with van der Waals surface area (Å²) in [7, 11) is 0. The zero-order valence-corrected chi connectivity index (χ0v) is 11.9. The van der Waals surface area contributed by atoms with Crippen LogP contribution in [-0.4, -0.2) is 10.1 Å². The molecular formula is C12H9BrClNOS.